The van der Waals surface area contributed by atoms with Crippen molar-refractivity contribution < 1.29 is 0 Å². The van der Waals surface area contributed by atoms with E-state index in [-0.39, 0.29) is 6.71 Å². The van der Waals surface area contributed by atoms with Gasteiger partial charge in [0.25, 0.3) is 6.71 Å². The molecule has 0 unspecified atom stereocenters. The lowest BCUT2D eigenvalue weighted by Gasteiger charge is -2.25. The van der Waals surface area contributed by atoms with E-state index in [4.69, 9.17) is 10.5 Å². The molecule has 0 saturated carbocycles. The molecule has 0 atom stereocenters. The summed E-state index contributed by atoms with van der Waals surface area (Å²) in [6.45, 7) is 0.219. The van der Waals surface area contributed by atoms with Crippen molar-refractivity contribution in [3.05, 3.63) is 24.0 Å². The minimum Gasteiger partial charge on any atom is -0.381 e. The molecule has 0 aromatic carbocycles. The van der Waals surface area contributed by atoms with Crippen LogP contribution in [0.25, 0.3) is 0 Å². The Balaban J connectivity index is 1.94. The molecule has 1 fully saturated rings. The Morgan fingerprint density at radius 2 is 2.06 bits per heavy atom. The van der Waals surface area contributed by atoms with Gasteiger partial charge in [0.05, 0.1) is 17.4 Å². The van der Waals surface area contributed by atoms with E-state index >= 15 is 0 Å². The first kappa shape index (κ1) is 11.5. The van der Waals surface area contributed by atoms with Crippen LogP contribution in [-0.2, 0) is 0 Å². The quantitative estimate of drug-likeness (QED) is 0.780. The van der Waals surface area contributed by atoms with Gasteiger partial charge in [-0.05, 0) is 18.9 Å². The summed E-state index contributed by atoms with van der Waals surface area (Å²) in [6.07, 6.45) is 7.22. The summed E-state index contributed by atoms with van der Waals surface area (Å²) >= 11 is 0. The topological polar surface area (TPSA) is 72.5 Å². The van der Waals surface area contributed by atoms with Crippen molar-refractivity contribution in [2.45, 2.75) is 31.5 Å². The van der Waals surface area contributed by atoms with Gasteiger partial charge in [0.1, 0.15) is 6.07 Å². The minimum absolute atomic E-state index is 0.219. The van der Waals surface area contributed by atoms with E-state index in [1.54, 1.807) is 12.4 Å². The molecule has 1 aliphatic heterocycles. The van der Waals surface area contributed by atoms with Gasteiger partial charge in [-0.2, -0.15) is 5.26 Å². The second-order valence-electron chi connectivity index (χ2n) is 4.40. The fraction of sp³-hybridized carbons (Fsp3) is 0.417. The van der Waals surface area contributed by atoms with Crippen LogP contribution in [0.4, 0.5) is 5.69 Å². The summed E-state index contributed by atoms with van der Waals surface area (Å²) in [5.41, 5.74) is 1.46. The Morgan fingerprint density at radius 1 is 1.29 bits per heavy atom. The number of anilines is 1. The zero-order valence-corrected chi connectivity index (χ0v) is 9.56. The fourth-order valence-corrected chi connectivity index (χ4v) is 2.18. The molecular formula is C12H13BN4. The molecule has 0 amide bonds. The van der Waals surface area contributed by atoms with Crippen molar-refractivity contribution in [1.82, 2.24) is 4.98 Å². The Hall–Kier alpha value is -2.01. The summed E-state index contributed by atoms with van der Waals surface area (Å²) < 4.78 is 0. The van der Waals surface area contributed by atoms with E-state index in [2.05, 4.69) is 22.3 Å². The van der Waals surface area contributed by atoms with E-state index in [0.717, 1.165) is 31.2 Å². The molecule has 84 valence electrons. The van der Waals surface area contributed by atoms with Crippen LogP contribution in [0.15, 0.2) is 18.5 Å². The number of nitrogens with one attached hydrogen (secondary N) is 1. The molecule has 1 aromatic rings. The van der Waals surface area contributed by atoms with E-state index in [1.165, 1.54) is 0 Å². The van der Waals surface area contributed by atoms with Crippen LogP contribution in [-0.4, -0.2) is 17.7 Å². The second kappa shape index (κ2) is 5.36. The van der Waals surface area contributed by atoms with Gasteiger partial charge in [-0.1, -0.05) is 12.6 Å². The summed E-state index contributed by atoms with van der Waals surface area (Å²) in [5.74, 6) is 2.32. The molecule has 2 rings (SSSR count). The first-order valence-corrected chi connectivity index (χ1v) is 5.83. The number of nitriles is 2. The molecule has 0 bridgehead atoms. The molecule has 0 aliphatic carbocycles. The third kappa shape index (κ3) is 2.98. The van der Waals surface area contributed by atoms with Crippen LogP contribution in [0.5, 0.6) is 0 Å². The molecule has 5 heteroatoms. The molecule has 4 nitrogen and oxygen atoms in total. The monoisotopic (exact) mass is 224 g/mol. The number of aromatic nitrogens is 1. The fourth-order valence-electron chi connectivity index (χ4n) is 2.18. The second-order valence-corrected chi connectivity index (χ2v) is 4.40. The van der Waals surface area contributed by atoms with Gasteiger partial charge < -0.3 is 5.32 Å². The molecule has 1 aromatic heterocycles. The zero-order valence-electron chi connectivity index (χ0n) is 9.56. The first-order chi connectivity index (χ1) is 8.31. The number of rotatable bonds is 2. The van der Waals surface area contributed by atoms with Gasteiger partial charge in [-0.3, -0.25) is 4.98 Å². The molecule has 0 spiro atoms. The smallest absolute Gasteiger partial charge is 0.268 e. The van der Waals surface area contributed by atoms with E-state index in [0.29, 0.717) is 11.6 Å². The van der Waals surface area contributed by atoms with Gasteiger partial charge in [0.15, 0.2) is 0 Å². The highest BCUT2D eigenvalue weighted by atomic mass is 14.9. The highest BCUT2D eigenvalue weighted by Gasteiger charge is 2.23. The summed E-state index contributed by atoms with van der Waals surface area (Å²) in [5, 5.41) is 21.0. The van der Waals surface area contributed by atoms with Crippen LogP contribution < -0.4 is 5.32 Å². The largest absolute Gasteiger partial charge is 0.381 e. The lowest BCUT2D eigenvalue weighted by atomic mass is 9.42. The average Bonchev–Trinajstić information content (AvgIpc) is 2.40. The summed E-state index contributed by atoms with van der Waals surface area (Å²) in [6, 6.07) is 4.28. The molecule has 1 N–H and O–H groups in total. The van der Waals surface area contributed by atoms with Gasteiger partial charge in [-0.15, -0.1) is 0 Å². The van der Waals surface area contributed by atoms with Crippen molar-refractivity contribution in [2.24, 2.45) is 0 Å². The number of hydrogen-bond acceptors (Lipinski definition) is 4. The summed E-state index contributed by atoms with van der Waals surface area (Å²) in [7, 11) is 0. The van der Waals surface area contributed by atoms with Crippen molar-refractivity contribution in [3.8, 4) is 12.0 Å². The first-order valence-electron chi connectivity index (χ1n) is 5.83. The maximum Gasteiger partial charge on any atom is 0.268 e. The van der Waals surface area contributed by atoms with Crippen molar-refractivity contribution in [3.63, 3.8) is 0 Å². The normalized spacial score (nSPS) is 16.0. The van der Waals surface area contributed by atoms with Gasteiger partial charge >= 0.3 is 0 Å². The number of hydrogen-bond donors (Lipinski definition) is 1. The van der Waals surface area contributed by atoms with Crippen LogP contribution >= 0.6 is 0 Å². The predicted octanol–water partition coefficient (Wildman–Crippen LogP) is 2.09. The van der Waals surface area contributed by atoms with E-state index in [1.807, 2.05) is 6.07 Å². The van der Waals surface area contributed by atoms with Crippen molar-refractivity contribution in [2.75, 3.05) is 5.32 Å². The molecule has 1 saturated heterocycles. The van der Waals surface area contributed by atoms with Gasteiger partial charge in [-0.25, -0.2) is 5.26 Å². The lowest BCUT2D eigenvalue weighted by Crippen LogP contribution is -2.29. The molecule has 0 radical (unpaired) electrons. The number of nitrogens with zero attached hydrogens (tertiary/aromatic N) is 3. The van der Waals surface area contributed by atoms with Crippen molar-refractivity contribution >= 4 is 12.4 Å². The minimum atomic E-state index is 0.219. The molecule has 17 heavy (non-hydrogen) atoms. The Bertz CT molecular complexity index is 466. The Labute approximate surface area is 101 Å². The van der Waals surface area contributed by atoms with Crippen LogP contribution in [0.1, 0.15) is 18.4 Å². The lowest BCUT2D eigenvalue weighted by molar-refractivity contribution is 0.639. The van der Waals surface area contributed by atoms with E-state index in [9.17, 15) is 0 Å². The standard InChI is InChI=1S/C12H13BN4/c14-6-10-5-12(8-16-7-10)17-11-1-3-13(9-15)4-2-11/h5,7-8,11,17H,1-4H2. The molecule has 2 heterocycles. The summed E-state index contributed by atoms with van der Waals surface area (Å²) in [4.78, 5) is 4.01. The van der Waals surface area contributed by atoms with Crippen LogP contribution in [0.2, 0.25) is 12.6 Å². The highest BCUT2D eigenvalue weighted by molar-refractivity contribution is 6.67. The maximum atomic E-state index is 8.82. The van der Waals surface area contributed by atoms with Gasteiger partial charge in [0.2, 0.25) is 0 Å². The average molecular weight is 224 g/mol. The SMILES string of the molecule is N#CB1CCC(Nc2cncc(C#N)c2)CC1. The number of pyridine rings is 1. The van der Waals surface area contributed by atoms with Crippen LogP contribution in [0, 0.1) is 22.6 Å². The molecule has 1 aliphatic rings. The van der Waals surface area contributed by atoms with Gasteiger partial charge in [0, 0.05) is 18.2 Å². The zero-order chi connectivity index (χ0) is 12.1. The third-order valence-corrected chi connectivity index (χ3v) is 3.15. The maximum absolute atomic E-state index is 8.82. The van der Waals surface area contributed by atoms with E-state index < -0.39 is 0 Å². The highest BCUT2D eigenvalue weighted by Crippen LogP contribution is 2.22. The van der Waals surface area contributed by atoms with Crippen molar-refractivity contribution in [1.29, 1.82) is 10.5 Å². The Morgan fingerprint density at radius 3 is 2.71 bits per heavy atom. The molecular weight excluding hydrogens is 211 g/mol. The Kier molecular flexibility index (Phi) is 3.62. The predicted molar refractivity (Wildman–Crippen MR) is 66.6 cm³/mol. The third-order valence-electron chi connectivity index (χ3n) is 3.15. The van der Waals surface area contributed by atoms with Crippen LogP contribution in [0.3, 0.4) is 0 Å².